The number of hydrogen-bond donors (Lipinski definition) is 1. The number of rotatable bonds is 4. The highest BCUT2D eigenvalue weighted by atomic mass is 35.5. The lowest BCUT2D eigenvalue weighted by Gasteiger charge is -2.60. The second kappa shape index (κ2) is 7.38. The normalized spacial score (nSPS) is 31.5. The molecule has 1 heterocycles. The molecule has 2 unspecified atom stereocenters. The van der Waals surface area contributed by atoms with Crippen LogP contribution >= 0.6 is 23.2 Å². The Bertz CT molecular complexity index is 1070. The SMILES string of the molecule is Cc1cc(C=NNC(=O)C23CC4CC(CC(C)(C4)C2)C3)c(C)n1-c1cc(Cl)ccc1Cl. The van der Waals surface area contributed by atoms with Crippen LogP contribution in [0.5, 0.6) is 0 Å². The van der Waals surface area contributed by atoms with E-state index in [2.05, 4.69) is 22.0 Å². The van der Waals surface area contributed by atoms with Gasteiger partial charge in [-0.15, -0.1) is 0 Å². The van der Waals surface area contributed by atoms with E-state index in [9.17, 15) is 4.79 Å². The van der Waals surface area contributed by atoms with Gasteiger partial charge in [0.05, 0.1) is 22.3 Å². The molecule has 1 amide bonds. The van der Waals surface area contributed by atoms with Crippen molar-refractivity contribution in [2.24, 2.45) is 27.8 Å². The third-order valence-electron chi connectivity index (χ3n) is 7.82. The van der Waals surface area contributed by atoms with E-state index in [1.165, 1.54) is 19.3 Å². The number of amides is 1. The summed E-state index contributed by atoms with van der Waals surface area (Å²) in [7, 11) is 0. The van der Waals surface area contributed by atoms with Crippen LogP contribution < -0.4 is 5.43 Å². The van der Waals surface area contributed by atoms with Crippen molar-refractivity contribution in [1.82, 2.24) is 9.99 Å². The molecule has 4 bridgehead atoms. The van der Waals surface area contributed by atoms with E-state index in [0.29, 0.717) is 27.3 Å². The Hall–Kier alpha value is -1.78. The second-order valence-corrected chi connectivity index (χ2v) is 11.4. The molecule has 6 rings (SSSR count). The lowest BCUT2D eigenvalue weighted by molar-refractivity contribution is -0.155. The monoisotopic (exact) mass is 457 g/mol. The maximum atomic E-state index is 13.2. The summed E-state index contributed by atoms with van der Waals surface area (Å²) >= 11 is 12.6. The van der Waals surface area contributed by atoms with E-state index >= 15 is 0 Å². The summed E-state index contributed by atoms with van der Waals surface area (Å²) in [5.74, 6) is 1.53. The van der Waals surface area contributed by atoms with Crippen molar-refractivity contribution in [1.29, 1.82) is 0 Å². The van der Waals surface area contributed by atoms with Gasteiger partial charge in [0.15, 0.2) is 0 Å². The first-order chi connectivity index (χ1) is 14.7. The van der Waals surface area contributed by atoms with Crippen molar-refractivity contribution in [2.45, 2.75) is 59.3 Å². The lowest BCUT2D eigenvalue weighted by Crippen LogP contribution is -2.56. The first kappa shape index (κ1) is 21.1. The van der Waals surface area contributed by atoms with E-state index in [1.807, 2.05) is 26.0 Å². The van der Waals surface area contributed by atoms with E-state index in [1.54, 1.807) is 18.3 Å². The molecule has 4 nitrogen and oxygen atoms in total. The predicted molar refractivity (Wildman–Crippen MR) is 126 cm³/mol. The molecule has 0 radical (unpaired) electrons. The van der Waals surface area contributed by atoms with Crippen LogP contribution in [0.25, 0.3) is 5.69 Å². The fraction of sp³-hybridized carbons (Fsp3) is 0.520. The van der Waals surface area contributed by atoms with Crippen molar-refractivity contribution in [3.05, 3.63) is 51.3 Å². The zero-order valence-corrected chi connectivity index (χ0v) is 19.9. The molecule has 0 spiro atoms. The van der Waals surface area contributed by atoms with Crippen molar-refractivity contribution in [3.8, 4) is 5.69 Å². The average molecular weight is 458 g/mol. The fourth-order valence-corrected chi connectivity index (χ4v) is 7.58. The first-order valence-electron chi connectivity index (χ1n) is 11.2. The predicted octanol–water partition coefficient (Wildman–Crippen LogP) is 6.46. The van der Waals surface area contributed by atoms with Gasteiger partial charge in [-0.25, -0.2) is 5.43 Å². The van der Waals surface area contributed by atoms with Crippen molar-refractivity contribution in [3.63, 3.8) is 0 Å². The minimum absolute atomic E-state index is 0.107. The minimum Gasteiger partial charge on any atom is -0.316 e. The molecule has 4 aliphatic carbocycles. The van der Waals surface area contributed by atoms with Crippen LogP contribution in [0.15, 0.2) is 29.4 Å². The van der Waals surface area contributed by atoms with Gasteiger partial charge in [0.25, 0.3) is 0 Å². The van der Waals surface area contributed by atoms with Gasteiger partial charge in [0.1, 0.15) is 0 Å². The largest absolute Gasteiger partial charge is 0.316 e. The summed E-state index contributed by atoms with van der Waals surface area (Å²) in [5.41, 5.74) is 6.84. The first-order valence-corrected chi connectivity index (χ1v) is 11.9. The Morgan fingerprint density at radius 3 is 2.55 bits per heavy atom. The molecule has 164 valence electrons. The van der Waals surface area contributed by atoms with Crippen LogP contribution in [-0.2, 0) is 4.79 Å². The molecule has 1 aromatic carbocycles. The molecule has 31 heavy (non-hydrogen) atoms. The molecule has 1 aromatic heterocycles. The summed E-state index contributed by atoms with van der Waals surface area (Å²) < 4.78 is 2.07. The van der Waals surface area contributed by atoms with Crippen molar-refractivity contribution < 1.29 is 4.79 Å². The number of aromatic nitrogens is 1. The standard InChI is InChI=1S/C25H29Cl2N3O/c1-15-6-19(16(2)30(15)22-8-20(26)4-5-21(22)27)13-28-29-23(31)25-11-17-7-18(12-25)10-24(3,9-17)14-25/h4-6,8,13,17-18H,7,9-12,14H2,1-3H3,(H,29,31). The smallest absolute Gasteiger partial charge is 0.246 e. The molecular formula is C25H29Cl2N3O. The highest BCUT2D eigenvalue weighted by Crippen LogP contribution is 2.65. The van der Waals surface area contributed by atoms with E-state index in [-0.39, 0.29) is 11.3 Å². The molecule has 4 fully saturated rings. The van der Waals surface area contributed by atoms with E-state index < -0.39 is 0 Å². The molecular weight excluding hydrogens is 429 g/mol. The van der Waals surface area contributed by atoms with Crippen molar-refractivity contribution in [2.75, 3.05) is 0 Å². The van der Waals surface area contributed by atoms with Crippen LogP contribution in [0.4, 0.5) is 0 Å². The summed E-state index contributed by atoms with van der Waals surface area (Å²) in [6.07, 6.45) is 8.71. The summed E-state index contributed by atoms with van der Waals surface area (Å²) in [6, 6.07) is 7.50. The highest BCUT2D eigenvalue weighted by molar-refractivity contribution is 6.34. The van der Waals surface area contributed by atoms with Gasteiger partial charge in [-0.3, -0.25) is 4.79 Å². The number of carbonyl (C=O) groups excluding carboxylic acids is 1. The van der Waals surface area contributed by atoms with Crippen molar-refractivity contribution >= 4 is 35.3 Å². The van der Waals surface area contributed by atoms with Gasteiger partial charge in [-0.2, -0.15) is 5.10 Å². The molecule has 1 N–H and O–H groups in total. The average Bonchev–Trinajstić information content (AvgIpc) is 2.95. The molecule has 6 heteroatoms. The number of hydrogen-bond acceptors (Lipinski definition) is 2. The quantitative estimate of drug-likeness (QED) is 0.415. The number of nitrogens with zero attached hydrogens (tertiary/aromatic N) is 2. The Balaban J connectivity index is 1.35. The maximum absolute atomic E-state index is 13.2. The van der Waals surface area contributed by atoms with Crippen LogP contribution in [0.2, 0.25) is 10.0 Å². The van der Waals surface area contributed by atoms with E-state index in [0.717, 1.165) is 41.9 Å². The Morgan fingerprint density at radius 2 is 1.87 bits per heavy atom. The van der Waals surface area contributed by atoms with Gasteiger partial charge in [-0.05, 0) is 93.9 Å². The van der Waals surface area contributed by atoms with Crippen LogP contribution in [-0.4, -0.2) is 16.7 Å². The number of carbonyl (C=O) groups is 1. The summed E-state index contributed by atoms with van der Waals surface area (Å²) in [4.78, 5) is 13.2. The van der Waals surface area contributed by atoms with E-state index in [4.69, 9.17) is 23.2 Å². The third kappa shape index (κ3) is 3.62. The molecule has 0 aliphatic heterocycles. The summed E-state index contributed by atoms with van der Waals surface area (Å²) in [5, 5.41) is 5.65. The van der Waals surface area contributed by atoms with Gasteiger partial charge >= 0.3 is 0 Å². The number of hydrazone groups is 1. The molecule has 4 saturated carbocycles. The Kier molecular flexibility index (Phi) is 5.02. The zero-order valence-electron chi connectivity index (χ0n) is 18.3. The Morgan fingerprint density at radius 1 is 1.16 bits per heavy atom. The number of aryl methyl sites for hydroxylation is 1. The highest BCUT2D eigenvalue weighted by Gasteiger charge is 2.58. The van der Waals surface area contributed by atoms with Gasteiger partial charge in [0, 0.05) is 22.0 Å². The van der Waals surface area contributed by atoms with Crippen LogP contribution in [0, 0.1) is 36.5 Å². The van der Waals surface area contributed by atoms with Crippen LogP contribution in [0.3, 0.4) is 0 Å². The maximum Gasteiger partial charge on any atom is 0.246 e. The molecule has 4 aliphatic rings. The van der Waals surface area contributed by atoms with Gasteiger partial charge in [-0.1, -0.05) is 30.1 Å². The minimum atomic E-state index is -0.221. The lowest BCUT2D eigenvalue weighted by atomic mass is 9.44. The second-order valence-electron chi connectivity index (χ2n) is 10.5. The topological polar surface area (TPSA) is 46.4 Å². The molecule has 2 aromatic rings. The number of nitrogens with one attached hydrogen (secondary N) is 1. The number of halogens is 2. The zero-order chi connectivity index (χ0) is 22.0. The third-order valence-corrected chi connectivity index (χ3v) is 8.38. The summed E-state index contributed by atoms with van der Waals surface area (Å²) in [6.45, 7) is 6.43. The Labute approximate surface area is 194 Å². The molecule has 2 atom stereocenters. The van der Waals surface area contributed by atoms with Crippen LogP contribution in [0.1, 0.15) is 62.4 Å². The molecule has 0 saturated heterocycles. The number of benzene rings is 1. The van der Waals surface area contributed by atoms with Gasteiger partial charge < -0.3 is 4.57 Å². The van der Waals surface area contributed by atoms with Gasteiger partial charge in [0.2, 0.25) is 5.91 Å². The fourth-order valence-electron chi connectivity index (χ4n) is 7.21.